The minimum Gasteiger partial charge on any atom is -0.497 e. The van der Waals surface area contributed by atoms with Gasteiger partial charge in [-0.25, -0.2) is 17.6 Å². The lowest BCUT2D eigenvalue weighted by molar-refractivity contribution is -0.143. The van der Waals surface area contributed by atoms with Crippen molar-refractivity contribution in [3.8, 4) is 5.75 Å². The van der Waals surface area contributed by atoms with E-state index in [2.05, 4.69) is 10.6 Å². The van der Waals surface area contributed by atoms with Gasteiger partial charge in [0.25, 0.3) is 11.8 Å². The lowest BCUT2D eigenvalue weighted by atomic mass is 10.1. The van der Waals surface area contributed by atoms with Gasteiger partial charge in [-0.05, 0) is 67.1 Å². The normalized spacial score (nSPS) is 12.2. The van der Waals surface area contributed by atoms with Crippen LogP contribution in [-0.2, 0) is 15.8 Å². The number of anilines is 2. The van der Waals surface area contributed by atoms with Crippen LogP contribution in [0.2, 0.25) is 0 Å². The van der Waals surface area contributed by atoms with Crippen molar-refractivity contribution in [3.05, 3.63) is 125 Å². The molecule has 0 aliphatic heterocycles. The second-order valence-electron chi connectivity index (χ2n) is 9.88. The van der Waals surface area contributed by atoms with Gasteiger partial charge in [0.05, 0.1) is 12.4 Å². The smallest absolute Gasteiger partial charge is 0.422 e. The average molecular weight is 692 g/mol. The third kappa shape index (κ3) is 8.53. The zero-order valence-electron chi connectivity index (χ0n) is 24.8. The molecular weight excluding hydrogens is 667 g/mol. The maximum atomic E-state index is 14.2. The first-order valence-electron chi connectivity index (χ1n) is 13.7. The van der Waals surface area contributed by atoms with E-state index in [9.17, 15) is 45.1 Å². The van der Waals surface area contributed by atoms with Crippen molar-refractivity contribution in [2.24, 2.45) is 0 Å². The van der Waals surface area contributed by atoms with Crippen LogP contribution in [0.3, 0.4) is 0 Å². The predicted molar refractivity (Wildman–Crippen MR) is 165 cm³/mol. The van der Waals surface area contributed by atoms with Crippen LogP contribution < -0.4 is 20.7 Å². The number of thioether (sulfide) groups is 1. The van der Waals surface area contributed by atoms with Gasteiger partial charge in [0.2, 0.25) is 5.91 Å². The summed E-state index contributed by atoms with van der Waals surface area (Å²) in [6, 6.07) is 20.7. The number of hydrogen-bond acceptors (Lipinski definition) is 5. The summed E-state index contributed by atoms with van der Waals surface area (Å²) in [6.45, 7) is 1.27. The minimum absolute atomic E-state index is 0.0895. The molecule has 1 atom stereocenters. The van der Waals surface area contributed by atoms with E-state index in [1.807, 2.05) is 0 Å². The van der Waals surface area contributed by atoms with Gasteiger partial charge in [-0.3, -0.25) is 14.4 Å². The Kier molecular flexibility index (Phi) is 11.2. The van der Waals surface area contributed by atoms with Crippen molar-refractivity contribution >= 4 is 46.9 Å². The molecule has 0 fully saturated rings. The van der Waals surface area contributed by atoms with E-state index in [1.165, 1.54) is 44.4 Å². The molecule has 3 amide bonds. The van der Waals surface area contributed by atoms with E-state index < -0.39 is 63.7 Å². The van der Waals surface area contributed by atoms with Crippen LogP contribution in [0.15, 0.2) is 89.5 Å². The van der Waals surface area contributed by atoms with Crippen LogP contribution >= 0.6 is 11.8 Å². The number of halogens is 7. The highest BCUT2D eigenvalue weighted by Crippen LogP contribution is 2.38. The van der Waals surface area contributed by atoms with Crippen molar-refractivity contribution < 1.29 is 49.9 Å². The third-order valence-electron chi connectivity index (χ3n) is 6.54. The predicted octanol–water partition coefficient (Wildman–Crippen LogP) is 7.80. The number of ether oxygens (including phenoxy) is 1. The Morgan fingerprint density at radius 1 is 0.792 bits per heavy atom. The summed E-state index contributed by atoms with van der Waals surface area (Å²) in [7, 11) is 1.50. The highest BCUT2D eigenvalue weighted by atomic mass is 32.2. The number of rotatable bonds is 10. The second kappa shape index (κ2) is 15.1. The molecule has 0 aliphatic carbocycles. The van der Waals surface area contributed by atoms with Crippen molar-refractivity contribution in [2.45, 2.75) is 23.2 Å². The van der Waals surface area contributed by atoms with Crippen molar-refractivity contribution in [1.29, 1.82) is 0 Å². The fourth-order valence-electron chi connectivity index (χ4n) is 4.10. The van der Waals surface area contributed by atoms with Crippen molar-refractivity contribution in [2.75, 3.05) is 17.7 Å². The quantitative estimate of drug-likeness (QED) is 0.0683. The molecule has 0 heterocycles. The summed E-state index contributed by atoms with van der Waals surface area (Å²) in [5.41, 5.74) is -3.39. The summed E-state index contributed by atoms with van der Waals surface area (Å²) >= 11 is 0.827. The van der Waals surface area contributed by atoms with Crippen LogP contribution in [0.5, 0.6) is 5.75 Å². The molecule has 0 saturated carbocycles. The van der Waals surface area contributed by atoms with Gasteiger partial charge in [-0.1, -0.05) is 30.3 Å². The third-order valence-corrected chi connectivity index (χ3v) is 7.66. The summed E-state index contributed by atoms with van der Waals surface area (Å²) in [6.07, 6.45) is -4.27. The van der Waals surface area contributed by atoms with E-state index in [-0.39, 0.29) is 11.4 Å². The zero-order chi connectivity index (χ0) is 35.2. The van der Waals surface area contributed by atoms with E-state index >= 15 is 0 Å². The molecule has 0 radical (unpaired) electrons. The molecule has 4 rings (SSSR count). The first-order chi connectivity index (χ1) is 22.7. The summed E-state index contributed by atoms with van der Waals surface area (Å²) in [5.74, 6) is -12.0. The van der Waals surface area contributed by atoms with Gasteiger partial charge in [0.15, 0.2) is 23.3 Å². The largest absolute Gasteiger partial charge is 0.497 e. The van der Waals surface area contributed by atoms with Gasteiger partial charge >= 0.3 is 6.18 Å². The Morgan fingerprint density at radius 2 is 1.38 bits per heavy atom. The minimum atomic E-state index is -5.72. The summed E-state index contributed by atoms with van der Waals surface area (Å²) in [4.78, 5) is 39.0. The number of carbonyl (C=O) groups excluding carboxylic acids is 3. The number of alkyl halides is 3. The fraction of sp³-hybridized carbons (Fsp3) is 0.121. The zero-order valence-corrected chi connectivity index (χ0v) is 25.7. The lowest BCUT2D eigenvalue weighted by Gasteiger charge is -2.16. The molecule has 0 bridgehead atoms. The summed E-state index contributed by atoms with van der Waals surface area (Å²) < 4.78 is 100. The van der Waals surface area contributed by atoms with E-state index in [0.717, 1.165) is 11.8 Å². The molecule has 3 N–H and O–H groups in total. The maximum Gasteiger partial charge on any atom is 0.422 e. The van der Waals surface area contributed by atoms with Crippen LogP contribution in [-0.4, -0.2) is 30.1 Å². The molecule has 4 aromatic carbocycles. The number of amides is 3. The summed E-state index contributed by atoms with van der Waals surface area (Å²) in [5, 5.41) is 5.68. The number of carbonyl (C=O) groups is 3. The average Bonchev–Trinajstić information content (AvgIpc) is 3.06. The topological polar surface area (TPSA) is 96.5 Å². The Bertz CT molecular complexity index is 1820. The highest BCUT2D eigenvalue weighted by Gasteiger charge is 2.42. The Balaban J connectivity index is 1.46. The van der Waals surface area contributed by atoms with Gasteiger partial charge in [0.1, 0.15) is 22.7 Å². The molecular formula is C33H24F7N3O4S. The molecule has 48 heavy (non-hydrogen) atoms. The van der Waals surface area contributed by atoms with Crippen molar-refractivity contribution in [3.63, 3.8) is 0 Å². The van der Waals surface area contributed by atoms with Gasteiger partial charge in [-0.15, -0.1) is 11.8 Å². The highest BCUT2D eigenvalue weighted by molar-refractivity contribution is 8.00. The molecule has 0 saturated heterocycles. The second-order valence-corrected chi connectivity index (χ2v) is 11.3. The molecule has 0 spiro atoms. The Morgan fingerprint density at radius 3 is 1.92 bits per heavy atom. The van der Waals surface area contributed by atoms with Crippen LogP contribution in [0.25, 0.3) is 6.08 Å². The maximum absolute atomic E-state index is 14.2. The molecule has 15 heteroatoms. The number of hydrogen-bond donors (Lipinski definition) is 3. The number of nitrogens with one attached hydrogen (secondary N) is 3. The van der Waals surface area contributed by atoms with Crippen molar-refractivity contribution in [1.82, 2.24) is 5.32 Å². The van der Waals surface area contributed by atoms with Gasteiger partial charge in [-0.2, -0.15) is 13.2 Å². The molecule has 0 aliphatic rings. The molecule has 250 valence electrons. The standard InChI is InChI=1S/C33H24F7N3O4S/c1-17(30(44)43-29-27(36)25(34)24(33(38,39)40)26(35)28(29)37)48-22-14-10-20(11-15-22)41-32(46)23(16-18-8-12-21(47-2)13-9-18)42-31(45)19-6-4-3-5-7-19/h3-17H,1-2H3,(H,41,46)(H,42,45)(H,43,44)/b23-16-. The van der Waals surface area contributed by atoms with E-state index in [1.54, 1.807) is 59.9 Å². The molecule has 0 aromatic heterocycles. The fourth-order valence-corrected chi connectivity index (χ4v) is 4.96. The molecule has 1 unspecified atom stereocenters. The van der Waals surface area contributed by atoms with Crippen LogP contribution in [0, 0.1) is 23.3 Å². The number of methoxy groups -OCH3 is 1. The molecule has 4 aromatic rings. The monoisotopic (exact) mass is 691 g/mol. The van der Waals surface area contributed by atoms with Crippen LogP contribution in [0.4, 0.5) is 42.1 Å². The first kappa shape index (κ1) is 35.5. The van der Waals surface area contributed by atoms with Gasteiger partial charge in [0, 0.05) is 16.1 Å². The lowest BCUT2D eigenvalue weighted by Crippen LogP contribution is -2.30. The van der Waals surface area contributed by atoms with Gasteiger partial charge < -0.3 is 20.7 Å². The van der Waals surface area contributed by atoms with E-state index in [0.29, 0.717) is 21.8 Å². The van der Waals surface area contributed by atoms with Crippen LogP contribution in [0.1, 0.15) is 28.4 Å². The SMILES string of the molecule is COc1ccc(/C=C(\NC(=O)c2ccccc2)C(=O)Nc2ccc(SC(C)C(=O)Nc3c(F)c(F)c(C(F)(F)F)c(F)c3F)cc2)cc1. The Hall–Kier alpha value is -5.31. The first-order valence-corrected chi connectivity index (χ1v) is 14.6. The van der Waals surface area contributed by atoms with E-state index in [4.69, 9.17) is 4.74 Å². The number of benzene rings is 4. The molecule has 7 nitrogen and oxygen atoms in total. The Labute approximate surface area is 273 Å².